The summed E-state index contributed by atoms with van der Waals surface area (Å²) in [5.41, 5.74) is 2.67. The zero-order chi connectivity index (χ0) is 24.7. The van der Waals surface area contributed by atoms with Crippen LogP contribution in [-0.4, -0.2) is 60.3 Å². The second-order valence-corrected chi connectivity index (χ2v) is 8.13. The number of ether oxygens (including phenoxy) is 2. The Bertz CT molecular complexity index is 1090. The molecule has 8 nitrogen and oxygen atoms in total. The van der Waals surface area contributed by atoms with Crippen LogP contribution in [0.15, 0.2) is 42.7 Å². The predicted molar refractivity (Wildman–Crippen MR) is 137 cm³/mol. The number of amides is 2. The number of nitrogens with one attached hydrogen (secondary N) is 1. The van der Waals surface area contributed by atoms with Crippen molar-refractivity contribution >= 4 is 28.4 Å². The van der Waals surface area contributed by atoms with Gasteiger partial charge in [0.25, 0.3) is 0 Å². The van der Waals surface area contributed by atoms with Gasteiger partial charge < -0.3 is 24.6 Å². The van der Waals surface area contributed by atoms with Crippen LogP contribution in [-0.2, 0) is 0 Å². The number of nitrogens with zero attached hydrogens (tertiary/aromatic N) is 4. The van der Waals surface area contributed by atoms with Crippen LogP contribution in [0.5, 0.6) is 11.5 Å². The monoisotopic (exact) mass is 465 g/mol. The summed E-state index contributed by atoms with van der Waals surface area (Å²) < 4.78 is 11.1. The summed E-state index contributed by atoms with van der Waals surface area (Å²) in [6.07, 6.45) is 1.71. The molecule has 0 saturated carbocycles. The van der Waals surface area contributed by atoms with Crippen molar-refractivity contribution in [3.8, 4) is 11.5 Å². The number of anilines is 2. The van der Waals surface area contributed by atoms with Crippen molar-refractivity contribution in [1.82, 2.24) is 14.9 Å². The van der Waals surface area contributed by atoms with E-state index in [-0.39, 0.29) is 12.1 Å². The third kappa shape index (κ3) is 5.87. The number of methoxy groups -OCH3 is 1. The molecule has 2 aromatic carbocycles. The largest absolute Gasteiger partial charge is 0.496 e. The van der Waals surface area contributed by atoms with Gasteiger partial charge in [0.15, 0.2) is 0 Å². The fourth-order valence-electron chi connectivity index (χ4n) is 3.86. The average molecular weight is 466 g/mol. The first-order valence-corrected chi connectivity index (χ1v) is 11.8. The van der Waals surface area contributed by atoms with Gasteiger partial charge in [-0.05, 0) is 62.7 Å². The maximum Gasteiger partial charge on any atom is 0.321 e. The van der Waals surface area contributed by atoms with Crippen molar-refractivity contribution in [2.24, 2.45) is 0 Å². The number of hydrogen-bond donors (Lipinski definition) is 1. The van der Waals surface area contributed by atoms with Crippen LogP contribution in [0, 0.1) is 6.92 Å². The topological polar surface area (TPSA) is 79.8 Å². The summed E-state index contributed by atoms with van der Waals surface area (Å²) in [7, 11) is 1.67. The number of hydrogen-bond acceptors (Lipinski definition) is 6. The Morgan fingerprint density at radius 2 is 1.71 bits per heavy atom. The van der Waals surface area contributed by atoms with Crippen LogP contribution in [0.4, 0.5) is 16.3 Å². The van der Waals surface area contributed by atoms with Gasteiger partial charge in [-0.25, -0.2) is 14.8 Å². The normalized spacial score (nSPS) is 13.4. The molecule has 2 heterocycles. The number of fused-ring (bicyclic) bond motifs is 1. The van der Waals surface area contributed by atoms with E-state index < -0.39 is 0 Å². The van der Waals surface area contributed by atoms with Gasteiger partial charge in [-0.1, -0.05) is 13.8 Å². The Hall–Kier alpha value is -3.55. The van der Waals surface area contributed by atoms with E-state index in [0.717, 1.165) is 39.5 Å². The summed E-state index contributed by atoms with van der Waals surface area (Å²) in [6, 6.07) is 11.3. The minimum Gasteiger partial charge on any atom is -0.496 e. The summed E-state index contributed by atoms with van der Waals surface area (Å²) in [6.45, 7) is 12.6. The van der Waals surface area contributed by atoms with E-state index in [9.17, 15) is 4.79 Å². The second kappa shape index (κ2) is 11.5. The lowest BCUT2D eigenvalue weighted by molar-refractivity contribution is 0.208. The molecule has 0 aliphatic carbocycles. The van der Waals surface area contributed by atoms with Crippen molar-refractivity contribution in [3.05, 3.63) is 48.3 Å². The van der Waals surface area contributed by atoms with E-state index in [0.29, 0.717) is 26.2 Å². The quantitative estimate of drug-likeness (QED) is 0.564. The summed E-state index contributed by atoms with van der Waals surface area (Å²) in [5, 5.41) is 3.92. The van der Waals surface area contributed by atoms with E-state index in [1.807, 2.05) is 75.9 Å². The van der Waals surface area contributed by atoms with Gasteiger partial charge in [0.05, 0.1) is 18.7 Å². The Morgan fingerprint density at radius 3 is 2.32 bits per heavy atom. The summed E-state index contributed by atoms with van der Waals surface area (Å²) >= 11 is 0. The number of carbonyl (C=O) groups excluding carboxylic acids is 1. The fourth-order valence-corrected chi connectivity index (χ4v) is 3.86. The molecule has 0 spiro atoms. The van der Waals surface area contributed by atoms with Gasteiger partial charge in [-0.2, -0.15) is 0 Å². The molecule has 34 heavy (non-hydrogen) atoms. The van der Waals surface area contributed by atoms with Gasteiger partial charge in [0, 0.05) is 37.3 Å². The van der Waals surface area contributed by atoms with Gasteiger partial charge >= 0.3 is 6.03 Å². The van der Waals surface area contributed by atoms with Gasteiger partial charge in [-0.15, -0.1) is 0 Å². The molecule has 8 heteroatoms. The van der Waals surface area contributed by atoms with Gasteiger partial charge in [0.2, 0.25) is 0 Å². The third-order valence-corrected chi connectivity index (χ3v) is 5.47. The molecule has 1 N–H and O–H groups in total. The second-order valence-electron chi connectivity index (χ2n) is 8.13. The Morgan fingerprint density at radius 1 is 1.03 bits per heavy atom. The summed E-state index contributed by atoms with van der Waals surface area (Å²) in [5.74, 6) is 2.47. The first-order valence-electron chi connectivity index (χ1n) is 11.8. The van der Waals surface area contributed by atoms with Crippen LogP contribution in [0.1, 0.15) is 33.3 Å². The fraction of sp³-hybridized carbons (Fsp3) is 0.423. The van der Waals surface area contributed by atoms with E-state index in [4.69, 9.17) is 9.47 Å². The highest BCUT2D eigenvalue weighted by atomic mass is 16.5. The number of rotatable bonds is 5. The van der Waals surface area contributed by atoms with Crippen molar-refractivity contribution in [2.75, 3.05) is 43.5 Å². The molecule has 1 aliphatic rings. The summed E-state index contributed by atoms with van der Waals surface area (Å²) in [4.78, 5) is 25.7. The van der Waals surface area contributed by atoms with Gasteiger partial charge in [0.1, 0.15) is 23.6 Å². The minimum atomic E-state index is -0.105. The maximum absolute atomic E-state index is 12.7. The molecule has 0 radical (unpaired) electrons. The molecule has 3 aromatic rings. The number of aryl methyl sites for hydroxylation is 1. The first kappa shape index (κ1) is 25.1. The third-order valence-electron chi connectivity index (χ3n) is 5.47. The van der Waals surface area contributed by atoms with Crippen LogP contribution >= 0.6 is 0 Å². The van der Waals surface area contributed by atoms with E-state index in [1.165, 1.54) is 0 Å². The molecule has 0 bridgehead atoms. The molecule has 1 fully saturated rings. The van der Waals surface area contributed by atoms with E-state index in [2.05, 4.69) is 20.2 Å². The number of urea groups is 1. The minimum absolute atomic E-state index is 0.105. The molecule has 0 atom stereocenters. The molecule has 182 valence electrons. The Labute approximate surface area is 201 Å². The number of benzene rings is 2. The molecule has 4 rings (SSSR count). The highest BCUT2D eigenvalue weighted by Crippen LogP contribution is 2.30. The molecule has 2 amide bonds. The smallest absolute Gasteiger partial charge is 0.321 e. The standard InChI is InChI=1S/C24H29N5O3.C2H6/c1-16(2)32-19-7-5-18(6-8-19)27-24(30)29-11-9-28(10-12-29)23-20-14-22(31-4)17(3)13-21(20)25-15-26-23;1-2/h5-8,13-16H,9-12H2,1-4H3,(H,27,30);1-2H3. The molecule has 0 unspecified atom stereocenters. The van der Waals surface area contributed by atoms with Crippen molar-refractivity contribution in [3.63, 3.8) is 0 Å². The number of piperazine rings is 1. The van der Waals surface area contributed by atoms with E-state index >= 15 is 0 Å². The lowest BCUT2D eigenvalue weighted by atomic mass is 10.1. The lowest BCUT2D eigenvalue weighted by Crippen LogP contribution is -2.50. The van der Waals surface area contributed by atoms with Crippen LogP contribution in [0.3, 0.4) is 0 Å². The van der Waals surface area contributed by atoms with Crippen molar-refractivity contribution in [1.29, 1.82) is 0 Å². The maximum atomic E-state index is 12.7. The van der Waals surface area contributed by atoms with Crippen LogP contribution in [0.2, 0.25) is 0 Å². The van der Waals surface area contributed by atoms with Gasteiger partial charge in [-0.3, -0.25) is 0 Å². The zero-order valence-corrected chi connectivity index (χ0v) is 21.0. The van der Waals surface area contributed by atoms with Crippen molar-refractivity contribution < 1.29 is 14.3 Å². The Balaban J connectivity index is 0.00000158. The van der Waals surface area contributed by atoms with E-state index in [1.54, 1.807) is 13.4 Å². The first-order chi connectivity index (χ1) is 16.4. The molecular formula is C26H35N5O3. The number of aromatic nitrogens is 2. The molecule has 1 saturated heterocycles. The Kier molecular flexibility index (Phi) is 8.51. The molecular weight excluding hydrogens is 430 g/mol. The molecule has 1 aliphatic heterocycles. The highest BCUT2D eigenvalue weighted by molar-refractivity contribution is 5.92. The average Bonchev–Trinajstić information content (AvgIpc) is 2.85. The lowest BCUT2D eigenvalue weighted by Gasteiger charge is -2.35. The van der Waals surface area contributed by atoms with Crippen LogP contribution in [0.25, 0.3) is 10.9 Å². The molecule has 1 aromatic heterocycles. The number of carbonyl (C=O) groups is 1. The predicted octanol–water partition coefficient (Wildman–Crippen LogP) is 5.11. The van der Waals surface area contributed by atoms with Crippen LogP contribution < -0.4 is 19.7 Å². The highest BCUT2D eigenvalue weighted by Gasteiger charge is 2.23. The van der Waals surface area contributed by atoms with Crippen molar-refractivity contribution in [2.45, 2.75) is 40.7 Å². The SMILES string of the molecule is CC.COc1cc2c(N3CCN(C(=O)Nc4ccc(OC(C)C)cc4)CC3)ncnc2cc1C. The zero-order valence-electron chi connectivity index (χ0n) is 21.0.